The number of carbonyl (C=O) groups is 3. The average Bonchev–Trinajstić information content (AvgIpc) is 3.16. The monoisotopic (exact) mass is 407 g/mol. The van der Waals surface area contributed by atoms with Crippen LogP contribution >= 0.6 is 0 Å². The molecule has 2 saturated heterocycles. The van der Waals surface area contributed by atoms with Gasteiger partial charge in [0.2, 0.25) is 11.8 Å². The molecule has 0 radical (unpaired) electrons. The smallest absolute Gasteiger partial charge is 0.256 e. The average molecular weight is 407 g/mol. The van der Waals surface area contributed by atoms with E-state index in [1.165, 1.54) is 0 Å². The van der Waals surface area contributed by atoms with E-state index in [4.69, 9.17) is 4.74 Å². The second kappa shape index (κ2) is 8.67. The van der Waals surface area contributed by atoms with Gasteiger partial charge in [0.05, 0.1) is 30.4 Å². The summed E-state index contributed by atoms with van der Waals surface area (Å²) in [7, 11) is 0. The Bertz CT molecular complexity index is 951. The molecule has 7 heteroatoms. The van der Waals surface area contributed by atoms with Crippen LogP contribution in [-0.2, 0) is 14.3 Å². The van der Waals surface area contributed by atoms with Gasteiger partial charge in [0, 0.05) is 31.7 Å². The van der Waals surface area contributed by atoms with Crippen molar-refractivity contribution >= 4 is 29.1 Å². The summed E-state index contributed by atoms with van der Waals surface area (Å²) in [6.45, 7) is 4.40. The zero-order valence-corrected chi connectivity index (χ0v) is 17.0. The maximum absolute atomic E-state index is 12.9. The lowest BCUT2D eigenvalue weighted by molar-refractivity contribution is -0.122. The Hall–Kier alpha value is -3.19. The van der Waals surface area contributed by atoms with Crippen molar-refractivity contribution in [2.24, 2.45) is 5.92 Å². The quantitative estimate of drug-likeness (QED) is 0.845. The van der Waals surface area contributed by atoms with Crippen molar-refractivity contribution < 1.29 is 19.1 Å². The molecule has 4 rings (SSSR count). The summed E-state index contributed by atoms with van der Waals surface area (Å²) in [5, 5.41) is 2.88. The van der Waals surface area contributed by atoms with Crippen LogP contribution < -0.4 is 10.2 Å². The van der Waals surface area contributed by atoms with Crippen molar-refractivity contribution in [3.63, 3.8) is 0 Å². The molecule has 2 fully saturated rings. The van der Waals surface area contributed by atoms with Gasteiger partial charge in [0.25, 0.3) is 5.91 Å². The first-order valence-electron chi connectivity index (χ1n) is 10.2. The highest BCUT2D eigenvalue weighted by atomic mass is 16.5. The summed E-state index contributed by atoms with van der Waals surface area (Å²) < 4.78 is 5.31. The van der Waals surface area contributed by atoms with Crippen LogP contribution in [0.4, 0.5) is 11.4 Å². The molecule has 3 amide bonds. The molecule has 0 unspecified atom stereocenters. The minimum absolute atomic E-state index is 0.0725. The number of amides is 3. The Balaban J connectivity index is 1.46. The molecule has 2 aromatic carbocycles. The molecule has 0 bridgehead atoms. The van der Waals surface area contributed by atoms with Gasteiger partial charge in [0.15, 0.2) is 0 Å². The van der Waals surface area contributed by atoms with Crippen molar-refractivity contribution in [3.05, 3.63) is 59.7 Å². The summed E-state index contributed by atoms with van der Waals surface area (Å²) >= 11 is 0. The molecule has 0 spiro atoms. The Morgan fingerprint density at radius 2 is 1.73 bits per heavy atom. The van der Waals surface area contributed by atoms with Crippen LogP contribution in [0.5, 0.6) is 0 Å². The fourth-order valence-corrected chi connectivity index (χ4v) is 3.81. The van der Waals surface area contributed by atoms with Crippen LogP contribution in [0, 0.1) is 12.8 Å². The molecule has 2 heterocycles. The molecule has 0 aromatic heterocycles. The van der Waals surface area contributed by atoms with Crippen molar-refractivity contribution in [1.82, 2.24) is 4.90 Å². The van der Waals surface area contributed by atoms with E-state index >= 15 is 0 Å². The maximum Gasteiger partial charge on any atom is 0.256 e. The molecule has 0 saturated carbocycles. The van der Waals surface area contributed by atoms with Crippen LogP contribution in [0.3, 0.4) is 0 Å². The van der Waals surface area contributed by atoms with Gasteiger partial charge in [-0.2, -0.15) is 0 Å². The summed E-state index contributed by atoms with van der Waals surface area (Å²) in [5.74, 6) is -0.916. The summed E-state index contributed by atoms with van der Waals surface area (Å²) in [6.07, 6.45) is 0.152. The van der Waals surface area contributed by atoms with E-state index in [0.717, 1.165) is 11.3 Å². The van der Waals surface area contributed by atoms with Crippen LogP contribution in [0.2, 0.25) is 0 Å². The second-order valence-corrected chi connectivity index (χ2v) is 7.68. The predicted octanol–water partition coefficient (Wildman–Crippen LogP) is 2.46. The largest absolute Gasteiger partial charge is 0.378 e. The van der Waals surface area contributed by atoms with Crippen molar-refractivity contribution in [1.29, 1.82) is 0 Å². The fourth-order valence-electron chi connectivity index (χ4n) is 3.81. The number of para-hydroxylation sites is 1. The lowest BCUT2D eigenvalue weighted by Crippen LogP contribution is -2.41. The Labute approximate surface area is 175 Å². The number of anilines is 2. The molecule has 2 aliphatic heterocycles. The van der Waals surface area contributed by atoms with E-state index in [1.54, 1.807) is 34.1 Å². The van der Waals surface area contributed by atoms with Crippen LogP contribution in [0.15, 0.2) is 48.5 Å². The highest BCUT2D eigenvalue weighted by Crippen LogP contribution is 2.27. The van der Waals surface area contributed by atoms with Crippen molar-refractivity contribution in [2.45, 2.75) is 13.3 Å². The topological polar surface area (TPSA) is 79.0 Å². The number of ether oxygens (including phenoxy) is 1. The van der Waals surface area contributed by atoms with Crippen molar-refractivity contribution in [2.75, 3.05) is 43.1 Å². The second-order valence-electron chi connectivity index (χ2n) is 7.68. The van der Waals surface area contributed by atoms with Crippen LogP contribution in [0.1, 0.15) is 22.3 Å². The number of rotatable bonds is 4. The Kier molecular flexibility index (Phi) is 5.81. The molecule has 1 N–H and O–H groups in total. The standard InChI is InChI=1S/C23H25N3O4/c1-16-6-8-18(9-7-16)26-15-17(14-21(26)27)22(28)24-20-5-3-2-4-19(20)23(29)25-10-12-30-13-11-25/h2-9,17H,10-15H2,1H3,(H,24,28)/t17-/m0/s1. The number of nitrogens with one attached hydrogen (secondary N) is 1. The minimum atomic E-state index is -0.467. The van der Waals surface area contributed by atoms with Gasteiger partial charge in [-0.1, -0.05) is 29.8 Å². The van der Waals surface area contributed by atoms with Gasteiger partial charge >= 0.3 is 0 Å². The van der Waals surface area contributed by atoms with E-state index in [9.17, 15) is 14.4 Å². The van der Waals surface area contributed by atoms with Crippen LogP contribution in [-0.4, -0.2) is 55.5 Å². The number of hydrogen-bond acceptors (Lipinski definition) is 4. The molecule has 2 aromatic rings. The third-order valence-corrected chi connectivity index (χ3v) is 5.56. The Morgan fingerprint density at radius 1 is 1.03 bits per heavy atom. The zero-order valence-electron chi connectivity index (χ0n) is 17.0. The lowest BCUT2D eigenvalue weighted by Gasteiger charge is -2.27. The highest BCUT2D eigenvalue weighted by Gasteiger charge is 2.35. The third-order valence-electron chi connectivity index (χ3n) is 5.56. The lowest BCUT2D eigenvalue weighted by atomic mass is 10.1. The summed E-state index contributed by atoms with van der Waals surface area (Å²) in [5.41, 5.74) is 2.83. The number of aryl methyl sites for hydroxylation is 1. The molecule has 30 heavy (non-hydrogen) atoms. The summed E-state index contributed by atoms with van der Waals surface area (Å²) in [6, 6.07) is 14.7. The molecule has 0 aliphatic carbocycles. The first-order chi connectivity index (χ1) is 14.5. The third kappa shape index (κ3) is 4.21. The first kappa shape index (κ1) is 20.1. The van der Waals surface area contributed by atoms with E-state index < -0.39 is 5.92 Å². The van der Waals surface area contributed by atoms with Gasteiger partial charge in [0.1, 0.15) is 0 Å². The molecular weight excluding hydrogens is 382 g/mol. The minimum Gasteiger partial charge on any atom is -0.378 e. The molecule has 1 atom stereocenters. The number of benzene rings is 2. The van der Waals surface area contributed by atoms with Gasteiger partial charge in [-0.05, 0) is 31.2 Å². The van der Waals surface area contributed by atoms with Gasteiger partial charge in [-0.15, -0.1) is 0 Å². The van der Waals surface area contributed by atoms with Gasteiger partial charge < -0.3 is 19.9 Å². The normalized spacial score (nSPS) is 19.1. The number of hydrogen-bond donors (Lipinski definition) is 1. The highest BCUT2D eigenvalue weighted by molar-refractivity contribution is 6.07. The Morgan fingerprint density at radius 3 is 2.47 bits per heavy atom. The number of nitrogens with zero attached hydrogens (tertiary/aromatic N) is 2. The van der Waals surface area contributed by atoms with Gasteiger partial charge in [-0.25, -0.2) is 0 Å². The molecule has 2 aliphatic rings. The summed E-state index contributed by atoms with van der Waals surface area (Å²) in [4.78, 5) is 41.7. The fraction of sp³-hybridized carbons (Fsp3) is 0.348. The number of carbonyl (C=O) groups excluding carboxylic acids is 3. The van der Waals surface area contributed by atoms with E-state index in [1.807, 2.05) is 31.2 Å². The SMILES string of the molecule is Cc1ccc(N2C[C@@H](C(=O)Nc3ccccc3C(=O)N3CCOCC3)CC2=O)cc1. The van der Waals surface area contributed by atoms with E-state index in [0.29, 0.717) is 44.1 Å². The van der Waals surface area contributed by atoms with Crippen molar-refractivity contribution in [3.8, 4) is 0 Å². The molecular formula is C23H25N3O4. The van der Waals surface area contributed by atoms with E-state index in [-0.39, 0.29) is 24.1 Å². The van der Waals surface area contributed by atoms with E-state index in [2.05, 4.69) is 5.32 Å². The maximum atomic E-state index is 12.9. The molecule has 156 valence electrons. The zero-order chi connectivity index (χ0) is 21.1. The number of morpholine rings is 1. The van der Waals surface area contributed by atoms with Gasteiger partial charge in [-0.3, -0.25) is 14.4 Å². The first-order valence-corrected chi connectivity index (χ1v) is 10.2. The predicted molar refractivity (Wildman–Crippen MR) is 113 cm³/mol. The van der Waals surface area contributed by atoms with Crippen LogP contribution in [0.25, 0.3) is 0 Å². The molecule has 7 nitrogen and oxygen atoms in total.